The summed E-state index contributed by atoms with van der Waals surface area (Å²) >= 11 is 1.21. The number of amides is 2. The van der Waals surface area contributed by atoms with Crippen LogP contribution in [0, 0.1) is 0 Å². The summed E-state index contributed by atoms with van der Waals surface area (Å²) in [4.78, 5) is 26.1. The van der Waals surface area contributed by atoms with Crippen molar-refractivity contribution in [1.29, 1.82) is 0 Å². The number of ether oxygens (including phenoxy) is 1. The fourth-order valence-corrected chi connectivity index (χ4v) is 3.58. The minimum absolute atomic E-state index is 0.0328. The lowest BCUT2D eigenvalue weighted by atomic mass is 10.2. The van der Waals surface area contributed by atoms with E-state index in [-0.39, 0.29) is 12.2 Å². The number of thiophene rings is 1. The zero-order valence-corrected chi connectivity index (χ0v) is 15.4. The third kappa shape index (κ3) is 4.66. The monoisotopic (exact) mass is 399 g/mol. The molecule has 0 saturated carbocycles. The highest BCUT2D eigenvalue weighted by molar-refractivity contribution is 7.12. The van der Waals surface area contributed by atoms with Gasteiger partial charge in [0.25, 0.3) is 17.7 Å². The Morgan fingerprint density at radius 1 is 1.48 bits per heavy atom. The highest BCUT2D eigenvalue weighted by atomic mass is 32.1. The molecule has 2 aromatic rings. The second-order valence-electron chi connectivity index (χ2n) is 6.20. The fourth-order valence-electron chi connectivity index (χ4n) is 2.91. The third-order valence-electron chi connectivity index (χ3n) is 4.13. The smallest absolute Gasteiger partial charge is 0.273 e. The molecule has 2 amide bonds. The topological polar surface area (TPSA) is 89.4 Å². The molecule has 3 heterocycles. The SMILES string of the molecule is COCCNC(=O)c1cn(CC2CC(F)(F)CN2C(=O)c2cccs2)nn1. The van der Waals surface area contributed by atoms with Crippen LogP contribution < -0.4 is 5.32 Å². The van der Waals surface area contributed by atoms with E-state index in [0.717, 1.165) is 0 Å². The van der Waals surface area contributed by atoms with Crippen LogP contribution in [-0.4, -0.2) is 70.5 Å². The Morgan fingerprint density at radius 2 is 2.30 bits per heavy atom. The van der Waals surface area contributed by atoms with Crippen LogP contribution in [0.1, 0.15) is 26.6 Å². The Bertz CT molecular complexity index is 796. The molecule has 1 saturated heterocycles. The lowest BCUT2D eigenvalue weighted by molar-refractivity contribution is 0.0118. The van der Waals surface area contributed by atoms with Crippen LogP contribution in [0.4, 0.5) is 8.78 Å². The highest BCUT2D eigenvalue weighted by Crippen LogP contribution is 2.34. The van der Waals surface area contributed by atoms with Crippen molar-refractivity contribution in [2.45, 2.75) is 24.9 Å². The van der Waals surface area contributed by atoms with Gasteiger partial charge >= 0.3 is 0 Å². The maximum absolute atomic E-state index is 13.9. The van der Waals surface area contributed by atoms with Gasteiger partial charge in [0.1, 0.15) is 0 Å². The number of nitrogens with one attached hydrogen (secondary N) is 1. The van der Waals surface area contributed by atoms with Crippen molar-refractivity contribution in [1.82, 2.24) is 25.2 Å². The molecule has 8 nitrogen and oxygen atoms in total. The molecule has 0 aliphatic carbocycles. The number of methoxy groups -OCH3 is 1. The van der Waals surface area contributed by atoms with Gasteiger partial charge in [0.15, 0.2) is 5.69 Å². The molecule has 2 aromatic heterocycles. The summed E-state index contributed by atoms with van der Waals surface area (Å²) in [5.41, 5.74) is 0.0759. The number of halogens is 2. The van der Waals surface area contributed by atoms with Crippen molar-refractivity contribution in [3.8, 4) is 0 Å². The van der Waals surface area contributed by atoms with E-state index in [0.29, 0.717) is 18.0 Å². The molecule has 1 aliphatic rings. The molecule has 1 unspecified atom stereocenters. The van der Waals surface area contributed by atoms with Crippen molar-refractivity contribution in [2.24, 2.45) is 0 Å². The average molecular weight is 399 g/mol. The lowest BCUT2D eigenvalue weighted by Crippen LogP contribution is -2.38. The maximum atomic E-state index is 13.9. The van der Waals surface area contributed by atoms with Gasteiger partial charge in [0, 0.05) is 20.1 Å². The van der Waals surface area contributed by atoms with Crippen LogP contribution in [-0.2, 0) is 11.3 Å². The first-order valence-corrected chi connectivity index (χ1v) is 9.17. The molecule has 0 aromatic carbocycles. The number of likely N-dealkylation sites (tertiary alicyclic amines) is 1. The zero-order chi connectivity index (χ0) is 19.4. The minimum atomic E-state index is -2.96. The number of rotatable bonds is 7. The van der Waals surface area contributed by atoms with Crippen LogP contribution in [0.3, 0.4) is 0 Å². The number of nitrogens with zero attached hydrogens (tertiary/aromatic N) is 4. The lowest BCUT2D eigenvalue weighted by Gasteiger charge is -2.23. The molecular formula is C16H19F2N5O3S. The molecule has 1 atom stereocenters. The summed E-state index contributed by atoms with van der Waals surface area (Å²) < 4.78 is 34.0. The molecule has 11 heteroatoms. The Morgan fingerprint density at radius 3 is 3.00 bits per heavy atom. The quantitative estimate of drug-likeness (QED) is 0.709. The summed E-state index contributed by atoms with van der Waals surface area (Å²) in [5.74, 6) is -3.81. The Hall–Kier alpha value is -2.40. The fraction of sp³-hybridized carbons (Fsp3) is 0.500. The predicted octanol–water partition coefficient (Wildman–Crippen LogP) is 1.27. The summed E-state index contributed by atoms with van der Waals surface area (Å²) in [6.07, 6.45) is 0.922. The summed E-state index contributed by atoms with van der Waals surface area (Å²) in [6.45, 7) is 0.0788. The standard InChI is InChI=1S/C16H19F2N5O3S/c1-26-5-4-19-14(24)12-9-22(21-20-12)8-11-7-16(17,18)10-23(11)15(25)13-3-2-6-27-13/h2-3,6,9,11H,4-5,7-8,10H2,1H3,(H,19,24). The van der Waals surface area contributed by atoms with Gasteiger partial charge in [0.05, 0.1) is 36.8 Å². The molecule has 1 N–H and O–H groups in total. The molecular weight excluding hydrogens is 380 g/mol. The molecule has 1 aliphatic heterocycles. The number of carbonyl (C=O) groups excluding carboxylic acids is 2. The van der Waals surface area contributed by atoms with Gasteiger partial charge in [-0.2, -0.15) is 0 Å². The van der Waals surface area contributed by atoms with Gasteiger partial charge in [-0.25, -0.2) is 13.5 Å². The van der Waals surface area contributed by atoms with E-state index in [2.05, 4.69) is 15.6 Å². The molecule has 146 valence electrons. The summed E-state index contributed by atoms with van der Waals surface area (Å²) in [6, 6.07) is 2.58. The van der Waals surface area contributed by atoms with Crippen LogP contribution in [0.15, 0.2) is 23.7 Å². The molecule has 0 radical (unpaired) electrons. The highest BCUT2D eigenvalue weighted by Gasteiger charge is 2.47. The van der Waals surface area contributed by atoms with Crippen molar-refractivity contribution in [2.75, 3.05) is 26.8 Å². The van der Waals surface area contributed by atoms with Crippen LogP contribution in [0.5, 0.6) is 0 Å². The van der Waals surface area contributed by atoms with Gasteiger partial charge in [0.2, 0.25) is 0 Å². The van der Waals surface area contributed by atoms with Gasteiger partial charge in [-0.1, -0.05) is 11.3 Å². The van der Waals surface area contributed by atoms with Crippen LogP contribution in [0.2, 0.25) is 0 Å². The molecule has 1 fully saturated rings. The number of carbonyl (C=O) groups is 2. The second-order valence-corrected chi connectivity index (χ2v) is 7.15. The van der Waals surface area contributed by atoms with E-state index in [1.807, 2.05) is 0 Å². The van der Waals surface area contributed by atoms with E-state index >= 15 is 0 Å². The number of hydrogen-bond acceptors (Lipinski definition) is 6. The zero-order valence-electron chi connectivity index (χ0n) is 14.6. The Labute approximate surface area is 158 Å². The van der Waals surface area contributed by atoms with Crippen LogP contribution >= 0.6 is 11.3 Å². The molecule has 3 rings (SSSR count). The van der Waals surface area contributed by atoms with Crippen molar-refractivity contribution in [3.05, 3.63) is 34.3 Å². The Balaban J connectivity index is 1.68. The third-order valence-corrected chi connectivity index (χ3v) is 4.99. The normalized spacial score (nSPS) is 18.6. The van der Waals surface area contributed by atoms with Gasteiger partial charge in [-0.3, -0.25) is 9.59 Å². The first kappa shape index (κ1) is 19.4. The number of aromatic nitrogens is 3. The van der Waals surface area contributed by atoms with E-state index in [4.69, 9.17) is 4.74 Å². The van der Waals surface area contributed by atoms with Crippen molar-refractivity contribution >= 4 is 23.2 Å². The summed E-state index contributed by atoms with van der Waals surface area (Å²) in [7, 11) is 1.52. The largest absolute Gasteiger partial charge is 0.383 e. The summed E-state index contributed by atoms with van der Waals surface area (Å²) in [5, 5.41) is 11.9. The minimum Gasteiger partial charge on any atom is -0.383 e. The van der Waals surface area contributed by atoms with Gasteiger partial charge in [-0.15, -0.1) is 16.4 Å². The molecule has 0 spiro atoms. The van der Waals surface area contributed by atoms with Crippen molar-refractivity contribution in [3.63, 3.8) is 0 Å². The van der Waals surface area contributed by atoms with Crippen molar-refractivity contribution < 1.29 is 23.1 Å². The van der Waals surface area contributed by atoms with E-state index in [9.17, 15) is 18.4 Å². The van der Waals surface area contributed by atoms with E-state index in [1.54, 1.807) is 17.5 Å². The molecule has 27 heavy (non-hydrogen) atoms. The first-order chi connectivity index (χ1) is 12.9. The first-order valence-electron chi connectivity index (χ1n) is 8.29. The van der Waals surface area contributed by atoms with Crippen LogP contribution in [0.25, 0.3) is 0 Å². The number of hydrogen-bond donors (Lipinski definition) is 1. The van der Waals surface area contributed by atoms with Gasteiger partial charge in [-0.05, 0) is 11.4 Å². The predicted molar refractivity (Wildman–Crippen MR) is 92.9 cm³/mol. The van der Waals surface area contributed by atoms with Gasteiger partial charge < -0.3 is 15.0 Å². The maximum Gasteiger partial charge on any atom is 0.273 e. The van der Waals surface area contributed by atoms with E-state index in [1.165, 1.54) is 34.2 Å². The average Bonchev–Trinajstić information content (AvgIpc) is 3.35. The Kier molecular flexibility index (Phi) is 5.80. The number of alkyl halides is 2. The van der Waals surface area contributed by atoms with E-state index < -0.39 is 36.7 Å². The second kappa shape index (κ2) is 8.09. The molecule has 0 bridgehead atoms.